The third kappa shape index (κ3) is 3.34. The third-order valence-electron chi connectivity index (χ3n) is 6.75. The van der Waals surface area contributed by atoms with Crippen molar-refractivity contribution in [3.05, 3.63) is 0 Å². The fourth-order valence-corrected chi connectivity index (χ4v) is 5.62. The Morgan fingerprint density at radius 2 is 2.00 bits per heavy atom. The molecule has 3 rings (SSSR count). The first-order valence-electron chi connectivity index (χ1n) is 11.0. The van der Waals surface area contributed by atoms with E-state index in [0.29, 0.717) is 32.2 Å². The predicted molar refractivity (Wildman–Crippen MR) is 107 cm³/mol. The SMILES string of the molecule is CCCNC(=O)[C@@H]1[C@H]2C(=O)N(CCCO)C(C(=O)NC(C)C)C23CC[C@@]1(CC)O3. The van der Waals surface area contributed by atoms with E-state index in [1.807, 2.05) is 27.7 Å². The second-order valence-electron chi connectivity index (χ2n) is 8.90. The first-order valence-corrected chi connectivity index (χ1v) is 11.0. The smallest absolute Gasteiger partial charge is 0.246 e. The lowest BCUT2D eigenvalue weighted by molar-refractivity contribution is -0.148. The Bertz CT molecular complexity index is 669. The van der Waals surface area contributed by atoms with Gasteiger partial charge in [-0.15, -0.1) is 0 Å². The summed E-state index contributed by atoms with van der Waals surface area (Å²) in [5.41, 5.74) is -1.67. The monoisotopic (exact) mass is 409 g/mol. The van der Waals surface area contributed by atoms with E-state index in [1.165, 1.54) is 0 Å². The molecule has 3 heterocycles. The van der Waals surface area contributed by atoms with Gasteiger partial charge in [-0.25, -0.2) is 0 Å². The van der Waals surface area contributed by atoms with Crippen molar-refractivity contribution in [2.45, 2.75) is 83.1 Å². The van der Waals surface area contributed by atoms with Crippen molar-refractivity contribution in [2.24, 2.45) is 11.8 Å². The van der Waals surface area contributed by atoms with E-state index in [0.717, 1.165) is 6.42 Å². The maximum Gasteiger partial charge on any atom is 0.246 e. The molecule has 3 aliphatic rings. The van der Waals surface area contributed by atoms with E-state index < -0.39 is 29.1 Å². The lowest BCUT2D eigenvalue weighted by Gasteiger charge is -2.34. The van der Waals surface area contributed by atoms with Gasteiger partial charge in [0.05, 0.1) is 17.4 Å². The predicted octanol–water partition coefficient (Wildman–Crippen LogP) is 0.574. The number of likely N-dealkylation sites (tertiary alicyclic amines) is 1. The largest absolute Gasteiger partial charge is 0.396 e. The number of hydrogen-bond donors (Lipinski definition) is 3. The van der Waals surface area contributed by atoms with Crippen LogP contribution in [0.1, 0.15) is 59.8 Å². The molecule has 164 valence electrons. The van der Waals surface area contributed by atoms with Gasteiger partial charge >= 0.3 is 0 Å². The summed E-state index contributed by atoms with van der Waals surface area (Å²) in [7, 11) is 0. The normalized spacial score (nSPS) is 35.3. The Kier molecular flexibility index (Phi) is 6.24. The van der Waals surface area contributed by atoms with Gasteiger partial charge in [0.1, 0.15) is 11.6 Å². The topological polar surface area (TPSA) is 108 Å². The van der Waals surface area contributed by atoms with Crippen LogP contribution in [0.3, 0.4) is 0 Å². The molecule has 0 aromatic heterocycles. The summed E-state index contributed by atoms with van der Waals surface area (Å²) in [4.78, 5) is 41.4. The van der Waals surface area contributed by atoms with Crippen LogP contribution in [0.25, 0.3) is 0 Å². The minimum absolute atomic E-state index is 0.0693. The number of amides is 3. The maximum absolute atomic E-state index is 13.5. The van der Waals surface area contributed by atoms with Crippen molar-refractivity contribution in [1.82, 2.24) is 15.5 Å². The van der Waals surface area contributed by atoms with Gasteiger partial charge in [-0.1, -0.05) is 13.8 Å². The van der Waals surface area contributed by atoms with Crippen LogP contribution < -0.4 is 10.6 Å². The van der Waals surface area contributed by atoms with E-state index in [-0.39, 0.29) is 36.9 Å². The van der Waals surface area contributed by atoms with Crippen molar-refractivity contribution < 1.29 is 24.2 Å². The molecule has 3 aliphatic heterocycles. The number of aliphatic hydroxyl groups is 1. The zero-order valence-electron chi connectivity index (χ0n) is 18.0. The molecule has 3 fully saturated rings. The summed E-state index contributed by atoms with van der Waals surface area (Å²) in [6.45, 7) is 8.48. The molecule has 2 bridgehead atoms. The minimum atomic E-state index is -0.976. The molecule has 8 heteroatoms. The summed E-state index contributed by atoms with van der Waals surface area (Å²) in [6.07, 6.45) is 3.06. The van der Waals surface area contributed by atoms with Gasteiger partial charge in [-0.3, -0.25) is 14.4 Å². The van der Waals surface area contributed by atoms with Gasteiger partial charge in [0.2, 0.25) is 17.7 Å². The molecule has 0 aromatic carbocycles. The van der Waals surface area contributed by atoms with Gasteiger partial charge in [-0.2, -0.15) is 0 Å². The molecule has 0 aliphatic carbocycles. The Labute approximate surface area is 172 Å². The molecular formula is C21H35N3O5. The number of rotatable bonds is 9. The first kappa shape index (κ1) is 22.0. The van der Waals surface area contributed by atoms with Crippen molar-refractivity contribution in [3.63, 3.8) is 0 Å². The summed E-state index contributed by atoms with van der Waals surface area (Å²) in [5, 5.41) is 15.2. The van der Waals surface area contributed by atoms with Crippen LogP contribution in [0.4, 0.5) is 0 Å². The van der Waals surface area contributed by atoms with E-state index >= 15 is 0 Å². The molecule has 3 amide bonds. The van der Waals surface area contributed by atoms with E-state index in [9.17, 15) is 19.5 Å². The van der Waals surface area contributed by atoms with Crippen LogP contribution in [0.2, 0.25) is 0 Å². The standard InChI is InChI=1S/C21H35N3O5/c1-5-10-22-17(26)14-15-19(28)24(11-7-12-25)16(18(27)23-13(3)4)21(15)9-8-20(14,6-2)29-21/h13-16,25H,5-12H2,1-4H3,(H,22,26)(H,23,27)/t14-,15-,16?,20+,21?/m0/s1. The third-order valence-corrected chi connectivity index (χ3v) is 6.75. The fraction of sp³-hybridized carbons (Fsp3) is 0.857. The van der Waals surface area contributed by atoms with Crippen LogP contribution in [0.15, 0.2) is 0 Å². The van der Waals surface area contributed by atoms with Crippen LogP contribution in [-0.4, -0.2) is 70.7 Å². The average Bonchev–Trinajstić information content (AvgIpc) is 3.27. The van der Waals surface area contributed by atoms with Crippen LogP contribution in [-0.2, 0) is 19.1 Å². The van der Waals surface area contributed by atoms with Crippen molar-refractivity contribution in [3.8, 4) is 0 Å². The van der Waals surface area contributed by atoms with E-state index in [2.05, 4.69) is 10.6 Å². The number of nitrogens with one attached hydrogen (secondary N) is 2. The Morgan fingerprint density at radius 3 is 2.59 bits per heavy atom. The number of ether oxygens (including phenoxy) is 1. The quantitative estimate of drug-likeness (QED) is 0.516. The van der Waals surface area contributed by atoms with E-state index in [4.69, 9.17) is 4.74 Å². The Hall–Kier alpha value is -1.67. The number of hydrogen-bond acceptors (Lipinski definition) is 5. The highest BCUT2D eigenvalue weighted by molar-refractivity contribution is 5.99. The van der Waals surface area contributed by atoms with Crippen molar-refractivity contribution >= 4 is 17.7 Å². The molecule has 0 aromatic rings. The van der Waals surface area contributed by atoms with Gasteiger partial charge in [0.15, 0.2) is 0 Å². The molecule has 3 N–H and O–H groups in total. The Balaban J connectivity index is 2.02. The second-order valence-corrected chi connectivity index (χ2v) is 8.90. The molecule has 3 saturated heterocycles. The summed E-state index contributed by atoms with van der Waals surface area (Å²) in [6, 6.07) is -0.846. The highest BCUT2D eigenvalue weighted by atomic mass is 16.5. The Morgan fingerprint density at radius 1 is 1.28 bits per heavy atom. The average molecular weight is 410 g/mol. The molecule has 8 nitrogen and oxygen atoms in total. The van der Waals surface area contributed by atoms with Crippen molar-refractivity contribution in [2.75, 3.05) is 19.7 Å². The van der Waals surface area contributed by atoms with Crippen LogP contribution in [0.5, 0.6) is 0 Å². The number of carbonyl (C=O) groups excluding carboxylic acids is 3. The van der Waals surface area contributed by atoms with Gasteiger partial charge < -0.3 is 25.4 Å². The van der Waals surface area contributed by atoms with Crippen LogP contribution in [0, 0.1) is 11.8 Å². The summed E-state index contributed by atoms with van der Waals surface area (Å²) < 4.78 is 6.58. The highest BCUT2D eigenvalue weighted by Crippen LogP contribution is 2.64. The van der Waals surface area contributed by atoms with Gasteiger partial charge in [0.25, 0.3) is 0 Å². The lowest BCUT2D eigenvalue weighted by atomic mass is 9.65. The van der Waals surface area contributed by atoms with Crippen molar-refractivity contribution in [1.29, 1.82) is 0 Å². The number of aliphatic hydroxyl groups excluding tert-OH is 1. The number of fused-ring (bicyclic) bond motifs is 1. The fourth-order valence-electron chi connectivity index (χ4n) is 5.62. The second kappa shape index (κ2) is 8.22. The summed E-state index contributed by atoms with van der Waals surface area (Å²) >= 11 is 0. The summed E-state index contributed by atoms with van der Waals surface area (Å²) in [5.74, 6) is -1.84. The van der Waals surface area contributed by atoms with Gasteiger partial charge in [-0.05, 0) is 46.0 Å². The van der Waals surface area contributed by atoms with Gasteiger partial charge in [0, 0.05) is 25.7 Å². The molecule has 1 spiro atoms. The molecule has 0 saturated carbocycles. The van der Waals surface area contributed by atoms with E-state index in [1.54, 1.807) is 4.90 Å². The molecule has 0 radical (unpaired) electrons. The van der Waals surface area contributed by atoms with Crippen LogP contribution >= 0.6 is 0 Å². The highest BCUT2D eigenvalue weighted by Gasteiger charge is 2.78. The molecular weight excluding hydrogens is 374 g/mol. The molecule has 29 heavy (non-hydrogen) atoms. The zero-order chi connectivity index (χ0) is 21.4. The minimum Gasteiger partial charge on any atom is -0.396 e. The maximum atomic E-state index is 13.5. The molecule has 2 unspecified atom stereocenters. The zero-order valence-corrected chi connectivity index (χ0v) is 18.0. The lowest BCUT2D eigenvalue weighted by Crippen LogP contribution is -2.56. The number of nitrogens with zero attached hydrogens (tertiary/aromatic N) is 1. The first-order chi connectivity index (χ1) is 13.8. The number of carbonyl (C=O) groups is 3. The molecule has 5 atom stereocenters.